The Bertz CT molecular complexity index is 303. The molecule has 5 nitrogen and oxygen atoms in total. The zero-order valence-electron chi connectivity index (χ0n) is 6.19. The lowest BCUT2D eigenvalue weighted by Gasteiger charge is -1.96. The van der Waals surface area contributed by atoms with Crippen molar-refractivity contribution in [3.05, 3.63) is 29.9 Å². The van der Waals surface area contributed by atoms with E-state index in [0.717, 1.165) is 0 Å². The third-order valence-electron chi connectivity index (χ3n) is 1.04. The molecule has 0 radical (unpaired) electrons. The first-order valence-electron chi connectivity index (χ1n) is 3.23. The van der Waals surface area contributed by atoms with Gasteiger partial charge >= 0.3 is 5.91 Å². The summed E-state index contributed by atoms with van der Waals surface area (Å²) in [4.78, 5) is 21.2. The monoisotopic (exact) mass is 162 g/mol. The highest BCUT2D eigenvalue weighted by Gasteiger charge is 2.04. The fourth-order valence-corrected chi connectivity index (χ4v) is 0.600. The highest BCUT2D eigenvalue weighted by molar-refractivity contribution is 5.91. The largest absolute Gasteiger partial charge is 0.306 e. The molecule has 1 heterocycles. The van der Waals surface area contributed by atoms with Crippen LogP contribution in [0.5, 0.6) is 0 Å². The van der Waals surface area contributed by atoms with Crippen LogP contribution in [-0.2, 0) is 4.79 Å². The number of hydrogen-bond acceptors (Lipinski definition) is 3. The van der Waals surface area contributed by atoms with Crippen LogP contribution in [0, 0.1) is 6.57 Å². The summed E-state index contributed by atoms with van der Waals surface area (Å²) >= 11 is 0. The summed E-state index contributed by atoms with van der Waals surface area (Å²) in [6.07, 6.45) is 3.03. The van der Waals surface area contributed by atoms with Crippen molar-refractivity contribution in [1.29, 1.82) is 0 Å². The van der Waals surface area contributed by atoms with E-state index in [2.05, 4.69) is 20.1 Å². The summed E-state index contributed by atoms with van der Waals surface area (Å²) in [5, 5.41) is 2.37. The molecule has 0 saturated heterocycles. The Morgan fingerprint density at radius 1 is 1.58 bits per heavy atom. The molecule has 5 heteroatoms. The quantitative estimate of drug-likeness (QED) is 0.637. The van der Waals surface area contributed by atoms with E-state index in [0.29, 0.717) is 0 Å². The number of hydrogen-bond donors (Lipinski definition) is 1. The fraction of sp³-hybridized carbons (Fsp3) is 0.143. The van der Waals surface area contributed by atoms with Crippen LogP contribution in [0.15, 0.2) is 18.5 Å². The van der Waals surface area contributed by atoms with Crippen molar-refractivity contribution in [2.24, 2.45) is 0 Å². The van der Waals surface area contributed by atoms with Gasteiger partial charge in [0.15, 0.2) is 0 Å². The van der Waals surface area contributed by atoms with Crippen LogP contribution in [-0.4, -0.2) is 22.4 Å². The van der Waals surface area contributed by atoms with Gasteiger partial charge in [0, 0.05) is 12.4 Å². The van der Waals surface area contributed by atoms with Gasteiger partial charge in [-0.05, 0) is 6.07 Å². The summed E-state index contributed by atoms with van der Waals surface area (Å²) in [6.45, 7) is 6.23. The topological polar surface area (TPSA) is 59.2 Å². The number of carbonyl (C=O) groups excluding carboxylic acids is 1. The van der Waals surface area contributed by atoms with Crippen molar-refractivity contribution in [1.82, 2.24) is 9.97 Å². The smallest absolute Gasteiger partial charge is 0.306 e. The molecule has 0 aromatic carbocycles. The molecule has 0 saturated carbocycles. The van der Waals surface area contributed by atoms with E-state index >= 15 is 0 Å². The SMILES string of the molecule is [C-]#[N+]CC(=O)Nc1ncccn1. The van der Waals surface area contributed by atoms with E-state index in [1.165, 1.54) is 12.4 Å². The normalized spacial score (nSPS) is 8.58. The van der Waals surface area contributed by atoms with Crippen molar-refractivity contribution in [3.63, 3.8) is 0 Å². The molecular formula is C7H6N4O. The molecule has 1 N–H and O–H groups in total. The zero-order valence-corrected chi connectivity index (χ0v) is 6.19. The van der Waals surface area contributed by atoms with Crippen molar-refractivity contribution in [3.8, 4) is 0 Å². The predicted octanol–water partition coefficient (Wildman–Crippen LogP) is 0.334. The Morgan fingerprint density at radius 2 is 2.25 bits per heavy atom. The van der Waals surface area contributed by atoms with Gasteiger partial charge in [0.25, 0.3) is 6.54 Å². The summed E-state index contributed by atoms with van der Waals surface area (Å²) in [7, 11) is 0. The molecule has 0 aliphatic rings. The number of carbonyl (C=O) groups is 1. The number of aromatic nitrogens is 2. The molecule has 0 aliphatic heterocycles. The van der Waals surface area contributed by atoms with Crippen LogP contribution in [0.2, 0.25) is 0 Å². The van der Waals surface area contributed by atoms with E-state index in [9.17, 15) is 4.79 Å². The lowest BCUT2D eigenvalue weighted by molar-refractivity contribution is -0.114. The number of nitrogens with one attached hydrogen (secondary N) is 1. The standard InChI is InChI=1S/C7H6N4O/c1-8-5-6(12)11-7-9-3-2-4-10-7/h2-4H,5H2,(H,9,10,11,12). The maximum absolute atomic E-state index is 10.8. The molecule has 0 spiro atoms. The average Bonchev–Trinajstić information content (AvgIpc) is 2.06. The summed E-state index contributed by atoms with van der Waals surface area (Å²) in [6, 6.07) is 1.64. The van der Waals surface area contributed by atoms with Crippen molar-refractivity contribution in [2.45, 2.75) is 0 Å². The Morgan fingerprint density at radius 3 is 2.83 bits per heavy atom. The summed E-state index contributed by atoms with van der Waals surface area (Å²) < 4.78 is 0. The molecule has 1 rings (SSSR count). The predicted molar refractivity (Wildman–Crippen MR) is 42.1 cm³/mol. The first-order chi connectivity index (χ1) is 5.83. The van der Waals surface area contributed by atoms with Crippen molar-refractivity contribution < 1.29 is 4.79 Å². The van der Waals surface area contributed by atoms with Crippen molar-refractivity contribution >= 4 is 11.9 Å². The highest BCUT2D eigenvalue weighted by atomic mass is 16.1. The van der Waals surface area contributed by atoms with Crippen LogP contribution in [0.1, 0.15) is 0 Å². The van der Waals surface area contributed by atoms with E-state index < -0.39 is 5.91 Å². The second-order valence-corrected chi connectivity index (χ2v) is 1.94. The zero-order chi connectivity index (χ0) is 8.81. The molecule has 0 unspecified atom stereocenters. The van der Waals surface area contributed by atoms with Crippen LogP contribution >= 0.6 is 0 Å². The van der Waals surface area contributed by atoms with Gasteiger partial charge in [-0.15, -0.1) is 0 Å². The number of amides is 1. The molecule has 60 valence electrons. The number of rotatable bonds is 2. The Balaban J connectivity index is 2.54. The maximum Gasteiger partial charge on any atom is 0.306 e. The first kappa shape index (κ1) is 8.14. The molecule has 0 atom stereocenters. The molecular weight excluding hydrogens is 156 g/mol. The van der Waals surface area contributed by atoms with Gasteiger partial charge in [-0.25, -0.2) is 16.5 Å². The third-order valence-corrected chi connectivity index (χ3v) is 1.04. The van der Waals surface area contributed by atoms with Gasteiger partial charge in [0.05, 0.1) is 0 Å². The summed E-state index contributed by atoms with van der Waals surface area (Å²) in [5.41, 5.74) is 0. The van der Waals surface area contributed by atoms with Gasteiger partial charge in [-0.3, -0.25) is 10.1 Å². The third kappa shape index (κ3) is 2.34. The molecule has 1 aromatic rings. The van der Waals surface area contributed by atoms with Crippen LogP contribution in [0.25, 0.3) is 4.85 Å². The summed E-state index contributed by atoms with van der Waals surface area (Å²) in [5.74, 6) is -0.164. The van der Waals surface area contributed by atoms with Crippen LogP contribution in [0.3, 0.4) is 0 Å². The van der Waals surface area contributed by atoms with Gasteiger partial charge in [0.2, 0.25) is 5.95 Å². The molecule has 12 heavy (non-hydrogen) atoms. The van der Waals surface area contributed by atoms with Gasteiger partial charge in [0.1, 0.15) is 0 Å². The minimum absolute atomic E-state index is 0.196. The van der Waals surface area contributed by atoms with E-state index in [1.54, 1.807) is 6.07 Å². The average molecular weight is 162 g/mol. The molecule has 1 amide bonds. The van der Waals surface area contributed by atoms with Gasteiger partial charge < -0.3 is 4.85 Å². The lowest BCUT2D eigenvalue weighted by atomic mass is 10.6. The van der Waals surface area contributed by atoms with Gasteiger partial charge in [-0.2, -0.15) is 0 Å². The Kier molecular flexibility index (Phi) is 2.73. The molecule has 0 bridgehead atoms. The lowest BCUT2D eigenvalue weighted by Crippen LogP contribution is -2.15. The fourth-order valence-electron chi connectivity index (χ4n) is 0.600. The van der Waals surface area contributed by atoms with E-state index in [1.807, 2.05) is 0 Å². The number of anilines is 1. The Hall–Kier alpha value is -1.96. The first-order valence-corrected chi connectivity index (χ1v) is 3.23. The highest BCUT2D eigenvalue weighted by Crippen LogP contribution is 1.92. The molecule has 1 aromatic heterocycles. The Labute approximate surface area is 69.3 Å². The van der Waals surface area contributed by atoms with Crippen molar-refractivity contribution in [2.75, 3.05) is 11.9 Å². The molecule has 0 aliphatic carbocycles. The minimum Gasteiger partial charge on any atom is -0.306 e. The molecule has 0 fully saturated rings. The second kappa shape index (κ2) is 4.03. The number of nitrogens with zero attached hydrogens (tertiary/aromatic N) is 3. The van der Waals surface area contributed by atoms with Crippen LogP contribution < -0.4 is 5.32 Å². The van der Waals surface area contributed by atoms with E-state index in [4.69, 9.17) is 6.57 Å². The van der Waals surface area contributed by atoms with E-state index in [-0.39, 0.29) is 12.5 Å². The van der Waals surface area contributed by atoms with Gasteiger partial charge in [-0.1, -0.05) is 0 Å². The maximum atomic E-state index is 10.8. The minimum atomic E-state index is -0.392. The second-order valence-electron chi connectivity index (χ2n) is 1.94. The van der Waals surface area contributed by atoms with Crippen LogP contribution in [0.4, 0.5) is 5.95 Å².